The lowest BCUT2D eigenvalue weighted by Crippen LogP contribution is -2.35. The number of amides is 1. The first kappa shape index (κ1) is 15.2. The number of fused-ring (bicyclic) bond motifs is 1. The van der Waals surface area contributed by atoms with Crippen LogP contribution in [0.3, 0.4) is 0 Å². The number of likely N-dealkylation sites (N-methyl/N-ethyl adjacent to an activating group) is 1. The Kier molecular flexibility index (Phi) is 3.87. The Hall–Kier alpha value is -2.68. The van der Waals surface area contributed by atoms with E-state index in [4.69, 9.17) is 4.74 Å². The van der Waals surface area contributed by atoms with Crippen molar-refractivity contribution in [3.8, 4) is 5.75 Å². The van der Waals surface area contributed by atoms with Crippen LogP contribution in [0.1, 0.15) is 0 Å². The van der Waals surface area contributed by atoms with E-state index in [1.165, 1.54) is 17.2 Å². The van der Waals surface area contributed by atoms with Gasteiger partial charge in [-0.2, -0.15) is 0 Å². The predicted octanol–water partition coefficient (Wildman–Crippen LogP) is 2.85. The number of pyridine rings is 1. The fourth-order valence-corrected chi connectivity index (χ4v) is 2.47. The highest BCUT2D eigenvalue weighted by atomic mass is 79.9. The summed E-state index contributed by atoms with van der Waals surface area (Å²) in [7, 11) is 1.65. The Balaban J connectivity index is 1.96. The fraction of sp³-hybridized carbons (Fsp3) is 0.143. The third kappa shape index (κ3) is 2.95. The van der Waals surface area contributed by atoms with E-state index in [-0.39, 0.29) is 24.0 Å². The quantitative estimate of drug-likeness (QED) is 0.651. The van der Waals surface area contributed by atoms with Crippen molar-refractivity contribution >= 4 is 44.7 Å². The molecule has 118 valence electrons. The normalized spacial score (nSPS) is 13.3. The maximum Gasteiger partial charge on any atom is 0.312 e. The maximum absolute atomic E-state index is 11.7. The summed E-state index contributed by atoms with van der Waals surface area (Å²) in [5, 5.41) is 14.0. The molecule has 1 aromatic heterocycles. The minimum Gasteiger partial charge on any atom is -0.482 e. The van der Waals surface area contributed by atoms with E-state index in [1.807, 2.05) is 0 Å². The molecule has 23 heavy (non-hydrogen) atoms. The lowest BCUT2D eigenvalue weighted by molar-refractivity contribution is -0.384. The Labute approximate surface area is 139 Å². The molecule has 1 aliphatic heterocycles. The summed E-state index contributed by atoms with van der Waals surface area (Å²) in [5.74, 6) is 0.530. The molecule has 0 radical (unpaired) electrons. The van der Waals surface area contributed by atoms with E-state index >= 15 is 0 Å². The van der Waals surface area contributed by atoms with Gasteiger partial charge in [0.15, 0.2) is 6.61 Å². The topological polar surface area (TPSA) is 97.6 Å². The molecule has 1 amide bonds. The van der Waals surface area contributed by atoms with Crippen molar-refractivity contribution in [2.45, 2.75) is 0 Å². The van der Waals surface area contributed by atoms with Crippen LogP contribution >= 0.6 is 15.9 Å². The molecule has 0 saturated heterocycles. The maximum atomic E-state index is 11.7. The summed E-state index contributed by atoms with van der Waals surface area (Å²) in [4.78, 5) is 27.8. The first-order chi connectivity index (χ1) is 11.0. The van der Waals surface area contributed by atoms with Crippen molar-refractivity contribution in [3.05, 3.63) is 45.0 Å². The van der Waals surface area contributed by atoms with Gasteiger partial charge in [-0.15, -0.1) is 0 Å². The average Bonchev–Trinajstić information content (AvgIpc) is 2.53. The molecule has 2 heterocycles. The van der Waals surface area contributed by atoms with Crippen LogP contribution in [0.25, 0.3) is 0 Å². The number of nitrogens with one attached hydrogen (secondary N) is 1. The summed E-state index contributed by atoms with van der Waals surface area (Å²) in [6, 6.07) is 6.45. The highest BCUT2D eigenvalue weighted by Gasteiger charge is 2.23. The van der Waals surface area contributed by atoms with Crippen LogP contribution in [0.2, 0.25) is 0 Å². The number of nitrogens with zero attached hydrogens (tertiary/aromatic N) is 3. The zero-order valence-electron chi connectivity index (χ0n) is 11.9. The van der Waals surface area contributed by atoms with Gasteiger partial charge in [0.05, 0.1) is 10.6 Å². The summed E-state index contributed by atoms with van der Waals surface area (Å²) in [6.45, 7) is -0.00395. The number of benzene rings is 1. The van der Waals surface area contributed by atoms with Gasteiger partial charge >= 0.3 is 5.69 Å². The van der Waals surface area contributed by atoms with Crippen LogP contribution in [0.4, 0.5) is 22.9 Å². The number of nitro groups is 1. The smallest absolute Gasteiger partial charge is 0.312 e. The molecule has 0 unspecified atom stereocenters. The van der Waals surface area contributed by atoms with Crippen molar-refractivity contribution in [2.75, 3.05) is 23.9 Å². The van der Waals surface area contributed by atoms with Crippen LogP contribution in [0, 0.1) is 10.1 Å². The van der Waals surface area contributed by atoms with Gasteiger partial charge in [-0.25, -0.2) is 4.98 Å². The van der Waals surface area contributed by atoms with Gasteiger partial charge in [0.1, 0.15) is 5.75 Å². The molecule has 0 spiro atoms. The van der Waals surface area contributed by atoms with Crippen LogP contribution in [0.5, 0.6) is 5.75 Å². The first-order valence-corrected chi connectivity index (χ1v) is 7.35. The minimum absolute atomic E-state index is 0.00395. The first-order valence-electron chi connectivity index (χ1n) is 6.56. The number of hydrogen-bond donors (Lipinski definition) is 1. The van der Waals surface area contributed by atoms with Crippen LogP contribution in [-0.4, -0.2) is 29.5 Å². The number of ether oxygens (including phenoxy) is 1. The van der Waals surface area contributed by atoms with Gasteiger partial charge < -0.3 is 15.0 Å². The molecule has 0 saturated carbocycles. The third-order valence-corrected chi connectivity index (χ3v) is 3.77. The van der Waals surface area contributed by atoms with E-state index in [9.17, 15) is 14.9 Å². The van der Waals surface area contributed by atoms with Gasteiger partial charge in [-0.1, -0.05) is 0 Å². The minimum atomic E-state index is -0.517. The van der Waals surface area contributed by atoms with E-state index < -0.39 is 4.92 Å². The average molecular weight is 379 g/mol. The lowest BCUT2D eigenvalue weighted by Gasteiger charge is -2.26. The monoisotopic (exact) mass is 378 g/mol. The van der Waals surface area contributed by atoms with Gasteiger partial charge in [-0.3, -0.25) is 14.9 Å². The van der Waals surface area contributed by atoms with E-state index in [1.54, 1.807) is 25.2 Å². The Morgan fingerprint density at radius 2 is 2.22 bits per heavy atom. The Morgan fingerprint density at radius 3 is 2.96 bits per heavy atom. The summed E-state index contributed by atoms with van der Waals surface area (Å²) in [6.07, 6.45) is 1.46. The molecule has 2 aromatic rings. The highest BCUT2D eigenvalue weighted by molar-refractivity contribution is 9.10. The van der Waals surface area contributed by atoms with Crippen LogP contribution in [-0.2, 0) is 4.79 Å². The summed E-state index contributed by atoms with van der Waals surface area (Å²) < 4.78 is 5.85. The van der Waals surface area contributed by atoms with Crippen LogP contribution < -0.4 is 15.0 Å². The van der Waals surface area contributed by atoms with Crippen molar-refractivity contribution in [1.82, 2.24) is 4.98 Å². The molecular formula is C14H11BrN4O4. The number of anilines is 3. The molecule has 1 aliphatic rings. The van der Waals surface area contributed by atoms with Crippen LogP contribution in [0.15, 0.2) is 34.9 Å². The summed E-state index contributed by atoms with van der Waals surface area (Å²) in [5.41, 5.74) is 0.996. The second-order valence-electron chi connectivity index (χ2n) is 4.83. The fourth-order valence-electron chi connectivity index (χ4n) is 2.15. The summed E-state index contributed by atoms with van der Waals surface area (Å²) >= 11 is 3.16. The molecule has 1 aromatic carbocycles. The van der Waals surface area contributed by atoms with Crippen molar-refractivity contribution in [3.63, 3.8) is 0 Å². The second-order valence-corrected chi connectivity index (χ2v) is 5.74. The zero-order chi connectivity index (χ0) is 16.6. The van der Waals surface area contributed by atoms with E-state index in [0.29, 0.717) is 21.6 Å². The van der Waals surface area contributed by atoms with E-state index in [0.717, 1.165) is 0 Å². The number of carbonyl (C=O) groups excluding carboxylic acids is 1. The van der Waals surface area contributed by atoms with Crippen molar-refractivity contribution in [2.24, 2.45) is 0 Å². The number of hydrogen-bond acceptors (Lipinski definition) is 6. The SMILES string of the molecule is CN1C(=O)COc2ccc(Nc3ncc(Br)cc3[N+](=O)[O-])cc21. The highest BCUT2D eigenvalue weighted by Crippen LogP contribution is 2.35. The van der Waals surface area contributed by atoms with Gasteiger partial charge in [0.2, 0.25) is 5.82 Å². The molecule has 0 fully saturated rings. The third-order valence-electron chi connectivity index (χ3n) is 3.34. The van der Waals surface area contributed by atoms with Crippen molar-refractivity contribution < 1.29 is 14.5 Å². The second kappa shape index (κ2) is 5.84. The molecule has 8 nitrogen and oxygen atoms in total. The lowest BCUT2D eigenvalue weighted by atomic mass is 10.2. The van der Waals surface area contributed by atoms with Gasteiger partial charge in [0, 0.05) is 29.5 Å². The molecule has 0 bridgehead atoms. The number of rotatable bonds is 3. The Bertz CT molecular complexity index is 811. The van der Waals surface area contributed by atoms with E-state index in [2.05, 4.69) is 26.2 Å². The zero-order valence-corrected chi connectivity index (χ0v) is 13.5. The number of carbonyl (C=O) groups is 1. The predicted molar refractivity (Wildman–Crippen MR) is 87.2 cm³/mol. The number of halogens is 1. The molecule has 0 aliphatic carbocycles. The Morgan fingerprint density at radius 1 is 1.43 bits per heavy atom. The number of aromatic nitrogens is 1. The largest absolute Gasteiger partial charge is 0.482 e. The van der Waals surface area contributed by atoms with Gasteiger partial charge in [-0.05, 0) is 34.1 Å². The molecule has 3 rings (SSSR count). The molecule has 0 atom stereocenters. The molecule has 1 N–H and O–H groups in total. The van der Waals surface area contributed by atoms with Gasteiger partial charge in [0.25, 0.3) is 5.91 Å². The molecule has 9 heteroatoms. The molecular weight excluding hydrogens is 368 g/mol. The van der Waals surface area contributed by atoms with Crippen molar-refractivity contribution in [1.29, 1.82) is 0 Å². The standard InChI is InChI=1S/C14H11BrN4O4/c1-18-10-5-9(2-3-12(10)23-7-13(18)20)17-14-11(19(21)22)4-8(15)6-16-14/h2-6H,7H2,1H3,(H,16,17).